The lowest BCUT2D eigenvalue weighted by Crippen LogP contribution is -2.44. The summed E-state index contributed by atoms with van der Waals surface area (Å²) in [5.41, 5.74) is 2.57. The fraction of sp³-hybridized carbons (Fsp3) is 0.389. The topological polar surface area (TPSA) is 108 Å². The molecular formula is C18H22ClFN6O3S2. The standard InChI is InChI=1S/C18H22ClFN6O3S2/c1-21-18(30)26-4-3-11(7-26)9-31(28,29)24-23-17(27)13-5-12(6-14(19)16(13)20)15-8-25(2)10-22-15/h5-6,8,10-11,24H,3-4,7,9H2,1-2H3,(H,21,30)(H,23,27)/t11-/m1/s1. The molecule has 1 amide bonds. The molecule has 1 aromatic heterocycles. The highest BCUT2D eigenvalue weighted by Crippen LogP contribution is 2.27. The molecule has 0 saturated carbocycles. The molecule has 0 spiro atoms. The second-order valence-electron chi connectivity index (χ2n) is 7.24. The van der Waals surface area contributed by atoms with E-state index in [4.69, 9.17) is 23.8 Å². The van der Waals surface area contributed by atoms with Crippen LogP contribution in [0.2, 0.25) is 5.02 Å². The van der Waals surface area contributed by atoms with Gasteiger partial charge in [0, 0.05) is 38.9 Å². The maximum atomic E-state index is 14.4. The second-order valence-corrected chi connectivity index (χ2v) is 9.80. The number of likely N-dealkylation sites (tertiary alicyclic amines) is 1. The Hall–Kier alpha value is -2.28. The van der Waals surface area contributed by atoms with Crippen LogP contribution in [-0.2, 0) is 17.1 Å². The Bertz CT molecular complexity index is 1110. The minimum Gasteiger partial charge on any atom is -0.366 e. The number of halogens is 2. The largest absolute Gasteiger partial charge is 0.366 e. The van der Waals surface area contributed by atoms with Crippen LogP contribution >= 0.6 is 23.8 Å². The van der Waals surface area contributed by atoms with Gasteiger partial charge in [-0.05, 0) is 36.7 Å². The van der Waals surface area contributed by atoms with Gasteiger partial charge in [0.15, 0.2) is 10.9 Å². The number of nitrogens with zero attached hydrogens (tertiary/aromatic N) is 3. The number of imidazole rings is 1. The van der Waals surface area contributed by atoms with Gasteiger partial charge in [0.25, 0.3) is 5.91 Å². The van der Waals surface area contributed by atoms with Crippen molar-refractivity contribution in [3.05, 3.63) is 41.1 Å². The summed E-state index contributed by atoms with van der Waals surface area (Å²) < 4.78 is 40.9. The summed E-state index contributed by atoms with van der Waals surface area (Å²) in [6.07, 6.45) is 3.87. The third kappa shape index (κ3) is 5.70. The molecular weight excluding hydrogens is 467 g/mol. The van der Waals surface area contributed by atoms with Crippen LogP contribution in [0.1, 0.15) is 16.8 Å². The van der Waals surface area contributed by atoms with Crippen molar-refractivity contribution in [2.75, 3.05) is 25.9 Å². The molecule has 1 saturated heterocycles. The highest BCUT2D eigenvalue weighted by molar-refractivity contribution is 7.89. The summed E-state index contributed by atoms with van der Waals surface area (Å²) >= 11 is 11.1. The lowest BCUT2D eigenvalue weighted by atomic mass is 10.1. The molecule has 1 aromatic carbocycles. The van der Waals surface area contributed by atoms with Crippen LogP contribution in [0.3, 0.4) is 0 Å². The van der Waals surface area contributed by atoms with Crippen LogP contribution < -0.4 is 15.6 Å². The van der Waals surface area contributed by atoms with Gasteiger partial charge in [-0.3, -0.25) is 10.2 Å². The Labute approximate surface area is 190 Å². The molecule has 13 heteroatoms. The van der Waals surface area contributed by atoms with Crippen LogP contribution in [0.15, 0.2) is 24.7 Å². The van der Waals surface area contributed by atoms with Gasteiger partial charge in [-0.1, -0.05) is 11.6 Å². The van der Waals surface area contributed by atoms with Crippen LogP contribution in [0, 0.1) is 11.7 Å². The van der Waals surface area contributed by atoms with Crippen LogP contribution in [0.4, 0.5) is 4.39 Å². The van der Waals surface area contributed by atoms with Gasteiger partial charge in [-0.2, -0.15) is 0 Å². The molecule has 9 nitrogen and oxygen atoms in total. The molecule has 168 valence electrons. The van der Waals surface area contributed by atoms with Crippen molar-refractivity contribution in [3.63, 3.8) is 0 Å². The van der Waals surface area contributed by atoms with Crippen LogP contribution in [0.5, 0.6) is 0 Å². The molecule has 1 aliphatic heterocycles. The Kier molecular flexibility index (Phi) is 7.14. The summed E-state index contributed by atoms with van der Waals surface area (Å²) in [6.45, 7) is 1.14. The number of amides is 1. The summed E-state index contributed by atoms with van der Waals surface area (Å²) in [7, 11) is -0.379. The van der Waals surface area contributed by atoms with E-state index in [1.165, 1.54) is 12.1 Å². The van der Waals surface area contributed by atoms with Gasteiger partial charge in [0.2, 0.25) is 10.0 Å². The first-order chi connectivity index (χ1) is 14.6. The predicted octanol–water partition coefficient (Wildman–Crippen LogP) is 1.27. The van der Waals surface area contributed by atoms with E-state index in [1.807, 2.05) is 9.73 Å². The molecule has 0 radical (unpaired) electrons. The van der Waals surface area contributed by atoms with Gasteiger partial charge >= 0.3 is 0 Å². The lowest BCUT2D eigenvalue weighted by Gasteiger charge is -2.18. The monoisotopic (exact) mass is 488 g/mol. The van der Waals surface area contributed by atoms with E-state index < -0.39 is 27.3 Å². The number of sulfonamides is 1. The summed E-state index contributed by atoms with van der Waals surface area (Å²) in [6, 6.07) is 2.61. The number of thiocarbonyl (C=S) groups is 1. The summed E-state index contributed by atoms with van der Waals surface area (Å²) in [5.74, 6) is -2.28. The van der Waals surface area contributed by atoms with Crippen molar-refractivity contribution < 1.29 is 17.6 Å². The molecule has 31 heavy (non-hydrogen) atoms. The van der Waals surface area contributed by atoms with E-state index in [2.05, 4.69) is 15.7 Å². The van der Waals surface area contributed by atoms with Crippen molar-refractivity contribution in [3.8, 4) is 11.3 Å². The first kappa shape index (κ1) is 23.4. The van der Waals surface area contributed by atoms with Gasteiger partial charge in [0.05, 0.1) is 28.4 Å². The fourth-order valence-corrected chi connectivity index (χ4v) is 4.93. The summed E-state index contributed by atoms with van der Waals surface area (Å²) in [5, 5.41) is 3.14. The van der Waals surface area contributed by atoms with Gasteiger partial charge < -0.3 is 14.8 Å². The van der Waals surface area contributed by atoms with E-state index in [0.29, 0.717) is 35.9 Å². The maximum absolute atomic E-state index is 14.4. The Morgan fingerprint density at radius 2 is 2.16 bits per heavy atom. The molecule has 3 N–H and O–H groups in total. The van der Waals surface area contributed by atoms with E-state index in [9.17, 15) is 17.6 Å². The first-order valence-corrected chi connectivity index (χ1v) is 11.8. The maximum Gasteiger partial charge on any atom is 0.269 e. The van der Waals surface area contributed by atoms with Crippen LogP contribution in [-0.4, -0.2) is 59.8 Å². The highest BCUT2D eigenvalue weighted by atomic mass is 35.5. The number of hydrogen-bond acceptors (Lipinski definition) is 5. The highest BCUT2D eigenvalue weighted by Gasteiger charge is 2.29. The third-order valence-corrected chi connectivity index (χ3v) is 6.90. The minimum atomic E-state index is -3.85. The smallest absolute Gasteiger partial charge is 0.269 e. The van der Waals surface area contributed by atoms with Crippen molar-refractivity contribution in [2.45, 2.75) is 6.42 Å². The molecule has 3 rings (SSSR count). The van der Waals surface area contributed by atoms with E-state index >= 15 is 0 Å². The number of rotatable bonds is 6. The van der Waals surface area contributed by atoms with Gasteiger partial charge in [0.1, 0.15) is 0 Å². The number of nitrogens with one attached hydrogen (secondary N) is 3. The van der Waals surface area contributed by atoms with Gasteiger partial charge in [-0.25, -0.2) is 17.8 Å². The Morgan fingerprint density at radius 3 is 2.81 bits per heavy atom. The summed E-state index contributed by atoms with van der Waals surface area (Å²) in [4.78, 5) is 20.5. The zero-order valence-corrected chi connectivity index (χ0v) is 19.2. The number of benzene rings is 1. The molecule has 1 fully saturated rings. The number of hydrogen-bond donors (Lipinski definition) is 3. The fourth-order valence-electron chi connectivity index (χ4n) is 3.32. The normalized spacial score (nSPS) is 16.4. The molecule has 2 heterocycles. The zero-order valence-electron chi connectivity index (χ0n) is 16.9. The van der Waals surface area contributed by atoms with Crippen molar-refractivity contribution >= 4 is 44.9 Å². The second kappa shape index (κ2) is 9.47. The molecule has 0 unspecified atom stereocenters. The number of carbonyl (C=O) groups excluding carboxylic acids is 1. The molecule has 1 aliphatic rings. The van der Waals surface area contributed by atoms with E-state index in [1.54, 1.807) is 31.2 Å². The predicted molar refractivity (Wildman–Crippen MR) is 119 cm³/mol. The number of hydrazine groups is 1. The Morgan fingerprint density at radius 1 is 1.42 bits per heavy atom. The number of aryl methyl sites for hydroxylation is 1. The van der Waals surface area contributed by atoms with E-state index in [-0.39, 0.29) is 16.7 Å². The molecule has 0 aliphatic carbocycles. The third-order valence-electron chi connectivity index (χ3n) is 4.84. The van der Waals surface area contributed by atoms with E-state index in [0.717, 1.165) is 0 Å². The lowest BCUT2D eigenvalue weighted by molar-refractivity contribution is 0.0941. The number of carbonyl (C=O) groups is 1. The molecule has 0 bridgehead atoms. The zero-order chi connectivity index (χ0) is 22.8. The average Bonchev–Trinajstić information content (AvgIpc) is 3.36. The molecule has 2 aromatic rings. The van der Waals surface area contributed by atoms with Crippen LogP contribution in [0.25, 0.3) is 11.3 Å². The first-order valence-electron chi connectivity index (χ1n) is 9.33. The quantitative estimate of drug-likeness (QED) is 0.415. The SMILES string of the molecule is CNC(=S)N1CC[C@@H](CS(=O)(=O)NNC(=O)c2cc(-c3cn(C)cn3)cc(Cl)c2F)C1. The Balaban J connectivity index is 1.66. The average molecular weight is 489 g/mol. The van der Waals surface area contributed by atoms with Crippen molar-refractivity contribution in [1.29, 1.82) is 0 Å². The number of aromatic nitrogens is 2. The molecule has 1 atom stereocenters. The van der Waals surface area contributed by atoms with Crippen molar-refractivity contribution in [1.82, 2.24) is 30.0 Å². The minimum absolute atomic E-state index is 0.153. The van der Waals surface area contributed by atoms with Gasteiger partial charge in [-0.15, -0.1) is 4.83 Å². The van der Waals surface area contributed by atoms with Crippen molar-refractivity contribution in [2.24, 2.45) is 13.0 Å².